The summed E-state index contributed by atoms with van der Waals surface area (Å²) in [6.07, 6.45) is 0. The molecule has 1 unspecified atom stereocenters. The Kier molecular flexibility index (Phi) is 5.60. The Morgan fingerprint density at radius 3 is 2.37 bits per heavy atom. The van der Waals surface area contributed by atoms with Crippen molar-refractivity contribution in [2.45, 2.75) is 46.7 Å². The van der Waals surface area contributed by atoms with Gasteiger partial charge in [0.15, 0.2) is 0 Å². The normalized spacial score (nSPS) is 13.3. The minimum Gasteiger partial charge on any atom is -0.463 e. The molecule has 1 rings (SSSR count). The van der Waals surface area contributed by atoms with Crippen LogP contribution in [0.25, 0.3) is 0 Å². The Balaban J connectivity index is 2.87. The summed E-state index contributed by atoms with van der Waals surface area (Å²) in [6, 6.07) is 4.09. The lowest BCUT2D eigenvalue weighted by Gasteiger charge is -2.33. The van der Waals surface area contributed by atoms with Crippen LogP contribution in [0.3, 0.4) is 0 Å². The minimum absolute atomic E-state index is 0.140. The number of carbonyl (C=O) groups excluding carboxylic acids is 1. The number of hydrogen-bond acceptors (Lipinski definition) is 4. The highest BCUT2D eigenvalue weighted by molar-refractivity contribution is 5.86. The highest BCUT2D eigenvalue weighted by Crippen LogP contribution is 2.25. The van der Waals surface area contributed by atoms with Crippen LogP contribution in [0.2, 0.25) is 0 Å². The maximum atomic E-state index is 11.4. The zero-order chi connectivity index (χ0) is 14.6. The summed E-state index contributed by atoms with van der Waals surface area (Å²) in [5.74, 6) is 1.21. The van der Waals surface area contributed by atoms with Gasteiger partial charge in [-0.2, -0.15) is 0 Å². The second-order valence-electron chi connectivity index (χ2n) is 5.55. The molecule has 0 amide bonds. The number of nitrogens with zero attached hydrogens (tertiary/aromatic N) is 1. The van der Waals surface area contributed by atoms with E-state index in [1.165, 1.54) is 7.11 Å². The van der Waals surface area contributed by atoms with Crippen molar-refractivity contribution in [1.82, 2.24) is 4.90 Å². The molecule has 19 heavy (non-hydrogen) atoms. The Morgan fingerprint density at radius 2 is 1.89 bits per heavy atom. The summed E-state index contributed by atoms with van der Waals surface area (Å²) in [5, 5.41) is 0. The third-order valence-corrected chi connectivity index (χ3v) is 3.16. The highest BCUT2D eigenvalue weighted by Gasteiger charge is 2.23. The van der Waals surface area contributed by atoms with Crippen LogP contribution in [0.4, 0.5) is 0 Å². The molecule has 1 heterocycles. The lowest BCUT2D eigenvalue weighted by Crippen LogP contribution is -2.36. The highest BCUT2D eigenvalue weighted by atomic mass is 16.5. The van der Waals surface area contributed by atoms with Crippen LogP contribution >= 0.6 is 0 Å². The fraction of sp³-hybridized carbons (Fsp3) is 0.667. The molecule has 1 aromatic heterocycles. The molecule has 1 aromatic rings. The summed E-state index contributed by atoms with van der Waals surface area (Å²) >= 11 is 0. The molecule has 4 heteroatoms. The van der Waals surface area contributed by atoms with Gasteiger partial charge in [0, 0.05) is 12.6 Å². The molecule has 0 bridgehead atoms. The van der Waals surface area contributed by atoms with E-state index in [1.807, 2.05) is 6.07 Å². The Hall–Kier alpha value is -1.29. The molecule has 1 atom stereocenters. The van der Waals surface area contributed by atoms with E-state index < -0.39 is 5.97 Å². The minimum atomic E-state index is -0.432. The Morgan fingerprint density at radius 1 is 1.26 bits per heavy atom. The van der Waals surface area contributed by atoms with E-state index in [1.54, 1.807) is 6.07 Å². The third kappa shape index (κ3) is 4.10. The van der Waals surface area contributed by atoms with Crippen LogP contribution in [0, 0.1) is 5.92 Å². The molecule has 0 aliphatic heterocycles. The van der Waals surface area contributed by atoms with Gasteiger partial charge in [0.25, 0.3) is 0 Å². The summed E-state index contributed by atoms with van der Waals surface area (Å²) in [4.78, 5) is 13.8. The first-order chi connectivity index (χ1) is 8.86. The zero-order valence-electron chi connectivity index (χ0n) is 12.8. The summed E-state index contributed by atoms with van der Waals surface area (Å²) in [5.41, 5.74) is 0. The second-order valence-corrected chi connectivity index (χ2v) is 5.55. The molecular formula is C15H25NO3. The molecule has 108 valence electrons. The van der Waals surface area contributed by atoms with Gasteiger partial charge in [-0.25, -0.2) is 4.79 Å². The molecular weight excluding hydrogens is 242 g/mol. The van der Waals surface area contributed by atoms with Crippen LogP contribution in [0.5, 0.6) is 0 Å². The predicted molar refractivity (Wildman–Crippen MR) is 75.1 cm³/mol. The molecule has 0 saturated carbocycles. The van der Waals surface area contributed by atoms with E-state index in [0.29, 0.717) is 12.0 Å². The van der Waals surface area contributed by atoms with Crippen LogP contribution < -0.4 is 0 Å². The second kappa shape index (κ2) is 6.75. The quantitative estimate of drug-likeness (QED) is 0.740. The molecule has 0 radical (unpaired) electrons. The molecule has 0 saturated heterocycles. The third-order valence-electron chi connectivity index (χ3n) is 3.16. The summed E-state index contributed by atoms with van der Waals surface area (Å²) in [7, 11) is 1.35. The first kappa shape index (κ1) is 15.8. The number of furan rings is 1. The Bertz CT molecular complexity index is 409. The van der Waals surface area contributed by atoms with E-state index in [-0.39, 0.29) is 11.8 Å². The zero-order valence-corrected chi connectivity index (χ0v) is 12.8. The Labute approximate surface area is 115 Å². The van der Waals surface area contributed by atoms with Crippen LogP contribution in [0.1, 0.15) is 57.0 Å². The standard InChI is InChI=1S/C15H25NO3/c1-10(2)9-16(11(3)4)12(5)13-7-8-14(19-13)15(17)18-6/h7-8,10-12H,9H2,1-6H3. The molecule has 0 aliphatic rings. The van der Waals surface area contributed by atoms with Crippen molar-refractivity contribution in [3.63, 3.8) is 0 Å². The number of hydrogen-bond donors (Lipinski definition) is 0. The number of rotatable bonds is 6. The van der Waals surface area contributed by atoms with E-state index in [2.05, 4.69) is 44.3 Å². The SMILES string of the molecule is COC(=O)c1ccc(C(C)N(CC(C)C)C(C)C)o1. The first-order valence-corrected chi connectivity index (χ1v) is 6.80. The fourth-order valence-corrected chi connectivity index (χ4v) is 2.19. The summed E-state index contributed by atoms with van der Waals surface area (Å²) < 4.78 is 10.3. The lowest BCUT2D eigenvalue weighted by molar-refractivity contribution is 0.0556. The average molecular weight is 267 g/mol. The monoisotopic (exact) mass is 267 g/mol. The van der Waals surface area contributed by atoms with Gasteiger partial charge in [-0.15, -0.1) is 0 Å². The first-order valence-electron chi connectivity index (χ1n) is 6.80. The molecule has 0 N–H and O–H groups in total. The van der Waals surface area contributed by atoms with Gasteiger partial charge in [-0.1, -0.05) is 13.8 Å². The van der Waals surface area contributed by atoms with E-state index in [4.69, 9.17) is 4.42 Å². The van der Waals surface area contributed by atoms with E-state index in [9.17, 15) is 4.79 Å². The van der Waals surface area contributed by atoms with Crippen molar-refractivity contribution in [2.75, 3.05) is 13.7 Å². The molecule has 0 spiro atoms. The maximum absolute atomic E-state index is 11.4. The largest absolute Gasteiger partial charge is 0.463 e. The fourth-order valence-electron chi connectivity index (χ4n) is 2.19. The molecule has 0 fully saturated rings. The van der Waals surface area contributed by atoms with Crippen LogP contribution in [-0.2, 0) is 4.74 Å². The van der Waals surface area contributed by atoms with Crippen molar-refractivity contribution in [1.29, 1.82) is 0 Å². The van der Waals surface area contributed by atoms with E-state index in [0.717, 1.165) is 12.3 Å². The number of ether oxygens (including phenoxy) is 1. The van der Waals surface area contributed by atoms with Crippen LogP contribution in [0.15, 0.2) is 16.5 Å². The molecule has 4 nitrogen and oxygen atoms in total. The van der Waals surface area contributed by atoms with Crippen molar-refractivity contribution in [3.05, 3.63) is 23.7 Å². The van der Waals surface area contributed by atoms with Crippen molar-refractivity contribution in [3.8, 4) is 0 Å². The molecule has 0 aromatic carbocycles. The summed E-state index contributed by atoms with van der Waals surface area (Å²) in [6.45, 7) is 11.8. The van der Waals surface area contributed by atoms with Crippen molar-refractivity contribution >= 4 is 5.97 Å². The lowest BCUT2D eigenvalue weighted by atomic mass is 10.1. The van der Waals surface area contributed by atoms with Gasteiger partial charge in [0.05, 0.1) is 13.2 Å². The van der Waals surface area contributed by atoms with Crippen molar-refractivity contribution in [2.24, 2.45) is 5.92 Å². The van der Waals surface area contributed by atoms with E-state index >= 15 is 0 Å². The van der Waals surface area contributed by atoms with Gasteiger partial charge < -0.3 is 9.15 Å². The van der Waals surface area contributed by atoms with Crippen LogP contribution in [-0.4, -0.2) is 30.6 Å². The van der Waals surface area contributed by atoms with Gasteiger partial charge in [-0.3, -0.25) is 4.90 Å². The average Bonchev–Trinajstić information content (AvgIpc) is 2.83. The smallest absolute Gasteiger partial charge is 0.373 e. The van der Waals surface area contributed by atoms with Gasteiger partial charge in [0.2, 0.25) is 5.76 Å². The number of carbonyl (C=O) groups is 1. The maximum Gasteiger partial charge on any atom is 0.373 e. The van der Waals surface area contributed by atoms with Gasteiger partial charge >= 0.3 is 5.97 Å². The number of esters is 1. The molecule has 0 aliphatic carbocycles. The topological polar surface area (TPSA) is 42.7 Å². The predicted octanol–water partition coefficient (Wildman–Crippen LogP) is 3.49. The van der Waals surface area contributed by atoms with Crippen molar-refractivity contribution < 1.29 is 13.9 Å². The number of methoxy groups -OCH3 is 1. The van der Waals surface area contributed by atoms with Gasteiger partial charge in [-0.05, 0) is 38.8 Å². The van der Waals surface area contributed by atoms with Gasteiger partial charge in [0.1, 0.15) is 5.76 Å².